The van der Waals surface area contributed by atoms with Crippen LogP contribution in [0.4, 0.5) is 0 Å². The predicted molar refractivity (Wildman–Crippen MR) is 92.6 cm³/mol. The van der Waals surface area contributed by atoms with Crippen LogP contribution in [0, 0.1) is 0 Å². The predicted octanol–water partition coefficient (Wildman–Crippen LogP) is 5.50. The Bertz CT molecular complexity index is 649. The zero-order chi connectivity index (χ0) is 15.8. The lowest BCUT2D eigenvalue weighted by Crippen LogP contribution is -2.13. The molecule has 0 atom stereocenters. The van der Waals surface area contributed by atoms with Crippen molar-refractivity contribution in [2.75, 3.05) is 0 Å². The van der Waals surface area contributed by atoms with Crippen molar-refractivity contribution >= 4 is 15.9 Å². The van der Waals surface area contributed by atoms with E-state index in [0.29, 0.717) is 0 Å². The van der Waals surface area contributed by atoms with Gasteiger partial charge in [0, 0.05) is 6.20 Å². The summed E-state index contributed by atoms with van der Waals surface area (Å²) in [6.45, 7) is 13.2. The van der Waals surface area contributed by atoms with Crippen LogP contribution < -0.4 is 0 Å². The van der Waals surface area contributed by atoms with Crippen molar-refractivity contribution < 1.29 is 0 Å². The van der Waals surface area contributed by atoms with Crippen LogP contribution in [0.5, 0.6) is 0 Å². The van der Waals surface area contributed by atoms with E-state index in [1.54, 1.807) is 0 Å². The summed E-state index contributed by atoms with van der Waals surface area (Å²) in [5.41, 5.74) is 4.56. The molecule has 0 fully saturated rings. The van der Waals surface area contributed by atoms with E-state index in [2.05, 4.69) is 91.7 Å². The largest absolute Gasteiger partial charge is 0.255 e. The minimum absolute atomic E-state index is 0.0852. The van der Waals surface area contributed by atoms with Gasteiger partial charge in [0.2, 0.25) is 0 Å². The van der Waals surface area contributed by atoms with Gasteiger partial charge in [-0.3, -0.25) is 4.98 Å². The first-order valence-electron chi connectivity index (χ1n) is 7.22. The zero-order valence-electron chi connectivity index (χ0n) is 13.7. The van der Waals surface area contributed by atoms with Gasteiger partial charge in [0.15, 0.2) is 0 Å². The molecular formula is C18H23BrN2. The summed E-state index contributed by atoms with van der Waals surface area (Å²) in [6, 6.07) is 8.43. The zero-order valence-corrected chi connectivity index (χ0v) is 15.2. The number of rotatable bonds is 1. The van der Waals surface area contributed by atoms with Crippen molar-refractivity contribution in [3.8, 4) is 11.4 Å². The fourth-order valence-corrected chi connectivity index (χ4v) is 2.54. The molecule has 0 saturated heterocycles. The van der Waals surface area contributed by atoms with Gasteiger partial charge in [-0.2, -0.15) is 0 Å². The highest BCUT2D eigenvalue weighted by molar-refractivity contribution is 9.10. The standard InChI is InChI=1S/C18H23BrN2/c1-17(2,3)12-7-8-20-14(9-12)15-10-13(18(4,5)6)11-16(19)21-15/h7-11H,1-6H3. The Kier molecular flexibility index (Phi) is 4.25. The molecule has 21 heavy (non-hydrogen) atoms. The second kappa shape index (κ2) is 5.53. The van der Waals surface area contributed by atoms with E-state index in [0.717, 1.165) is 16.0 Å². The second-order valence-electron chi connectivity index (χ2n) is 7.49. The SMILES string of the molecule is CC(C)(C)c1ccnc(-c2cc(C(C)(C)C)cc(Br)n2)c1. The molecule has 2 heterocycles. The Hall–Kier alpha value is -1.22. The lowest BCUT2D eigenvalue weighted by atomic mass is 9.86. The molecule has 0 aromatic carbocycles. The number of hydrogen-bond donors (Lipinski definition) is 0. The molecule has 0 unspecified atom stereocenters. The molecule has 0 radical (unpaired) electrons. The summed E-state index contributed by atoms with van der Waals surface area (Å²) in [5, 5.41) is 0. The fourth-order valence-electron chi connectivity index (χ4n) is 2.10. The average molecular weight is 347 g/mol. The summed E-state index contributed by atoms with van der Waals surface area (Å²) in [6.07, 6.45) is 1.87. The Balaban J connectivity index is 2.55. The van der Waals surface area contributed by atoms with Crippen molar-refractivity contribution in [3.05, 3.63) is 46.2 Å². The molecule has 0 saturated carbocycles. The van der Waals surface area contributed by atoms with Crippen molar-refractivity contribution in [2.45, 2.75) is 52.4 Å². The van der Waals surface area contributed by atoms with Crippen molar-refractivity contribution in [1.82, 2.24) is 9.97 Å². The van der Waals surface area contributed by atoms with Crippen LogP contribution in [0.3, 0.4) is 0 Å². The monoisotopic (exact) mass is 346 g/mol. The molecule has 0 amide bonds. The third-order valence-corrected chi connectivity index (χ3v) is 3.95. The van der Waals surface area contributed by atoms with Crippen LogP contribution in [0.15, 0.2) is 35.1 Å². The molecule has 112 valence electrons. The topological polar surface area (TPSA) is 25.8 Å². The van der Waals surface area contributed by atoms with Gasteiger partial charge in [-0.15, -0.1) is 0 Å². The van der Waals surface area contributed by atoms with Crippen molar-refractivity contribution in [1.29, 1.82) is 0 Å². The van der Waals surface area contributed by atoms with E-state index in [9.17, 15) is 0 Å². The molecule has 0 aliphatic heterocycles. The second-order valence-corrected chi connectivity index (χ2v) is 8.31. The number of halogens is 1. The maximum atomic E-state index is 4.59. The van der Waals surface area contributed by atoms with Crippen LogP contribution in [0.1, 0.15) is 52.7 Å². The van der Waals surface area contributed by atoms with Crippen molar-refractivity contribution in [3.63, 3.8) is 0 Å². The molecular weight excluding hydrogens is 324 g/mol. The van der Waals surface area contributed by atoms with E-state index in [1.807, 2.05) is 6.20 Å². The molecule has 2 rings (SSSR count). The summed E-state index contributed by atoms with van der Waals surface area (Å²) in [4.78, 5) is 9.10. The lowest BCUT2D eigenvalue weighted by molar-refractivity contribution is 0.587. The molecule has 0 spiro atoms. The smallest absolute Gasteiger partial charge is 0.107 e. The minimum atomic E-state index is 0.0852. The molecule has 0 aliphatic carbocycles. The Morgan fingerprint density at radius 2 is 1.38 bits per heavy atom. The van der Waals surface area contributed by atoms with Gasteiger partial charge in [-0.1, -0.05) is 41.5 Å². The summed E-state index contributed by atoms with van der Waals surface area (Å²) < 4.78 is 0.855. The maximum Gasteiger partial charge on any atom is 0.107 e. The molecule has 0 aliphatic rings. The van der Waals surface area contributed by atoms with Crippen LogP contribution in [0.2, 0.25) is 0 Å². The number of hydrogen-bond acceptors (Lipinski definition) is 2. The maximum absolute atomic E-state index is 4.59. The first-order chi connectivity index (χ1) is 9.57. The molecule has 0 N–H and O–H groups in total. The van der Waals surface area contributed by atoms with Gasteiger partial charge in [-0.05, 0) is 62.2 Å². The van der Waals surface area contributed by atoms with Crippen LogP contribution in [0.25, 0.3) is 11.4 Å². The molecule has 2 aromatic rings. The van der Waals surface area contributed by atoms with Gasteiger partial charge in [0.25, 0.3) is 0 Å². The summed E-state index contributed by atoms with van der Waals surface area (Å²) in [7, 11) is 0. The van der Waals surface area contributed by atoms with Gasteiger partial charge >= 0.3 is 0 Å². The number of aromatic nitrogens is 2. The van der Waals surface area contributed by atoms with Crippen LogP contribution in [-0.2, 0) is 10.8 Å². The average Bonchev–Trinajstić information content (AvgIpc) is 2.36. The number of nitrogens with zero attached hydrogens (tertiary/aromatic N) is 2. The molecule has 0 bridgehead atoms. The first-order valence-corrected chi connectivity index (χ1v) is 8.02. The summed E-state index contributed by atoms with van der Waals surface area (Å²) in [5.74, 6) is 0. The van der Waals surface area contributed by atoms with E-state index in [-0.39, 0.29) is 10.8 Å². The Morgan fingerprint density at radius 1 is 0.810 bits per heavy atom. The number of pyridine rings is 2. The minimum Gasteiger partial charge on any atom is -0.255 e. The van der Waals surface area contributed by atoms with E-state index < -0.39 is 0 Å². The van der Waals surface area contributed by atoms with E-state index >= 15 is 0 Å². The highest BCUT2D eigenvalue weighted by Gasteiger charge is 2.18. The normalized spacial score (nSPS) is 12.5. The fraction of sp³-hybridized carbons (Fsp3) is 0.444. The van der Waals surface area contributed by atoms with Gasteiger partial charge in [0.05, 0.1) is 11.4 Å². The molecule has 3 heteroatoms. The highest BCUT2D eigenvalue weighted by Crippen LogP contribution is 2.30. The van der Waals surface area contributed by atoms with E-state index in [4.69, 9.17) is 0 Å². The lowest BCUT2D eigenvalue weighted by Gasteiger charge is -2.21. The molecule has 2 aromatic heterocycles. The highest BCUT2D eigenvalue weighted by atomic mass is 79.9. The van der Waals surface area contributed by atoms with Crippen molar-refractivity contribution in [2.24, 2.45) is 0 Å². The Morgan fingerprint density at radius 3 is 1.95 bits per heavy atom. The Labute approximate surface area is 136 Å². The van der Waals surface area contributed by atoms with Crippen LogP contribution >= 0.6 is 15.9 Å². The van der Waals surface area contributed by atoms with Crippen LogP contribution in [-0.4, -0.2) is 9.97 Å². The first kappa shape index (κ1) is 16.2. The third kappa shape index (κ3) is 3.91. The molecule has 2 nitrogen and oxygen atoms in total. The van der Waals surface area contributed by atoms with Gasteiger partial charge < -0.3 is 0 Å². The van der Waals surface area contributed by atoms with Gasteiger partial charge in [0.1, 0.15) is 4.60 Å². The van der Waals surface area contributed by atoms with Gasteiger partial charge in [-0.25, -0.2) is 4.98 Å². The van der Waals surface area contributed by atoms with E-state index in [1.165, 1.54) is 11.1 Å². The quantitative estimate of drug-likeness (QED) is 0.637. The summed E-state index contributed by atoms with van der Waals surface area (Å²) >= 11 is 3.52. The third-order valence-electron chi connectivity index (χ3n) is 3.55.